The fourth-order valence-electron chi connectivity index (χ4n) is 4.54. The summed E-state index contributed by atoms with van der Waals surface area (Å²) in [5.74, 6) is -1.02. The third kappa shape index (κ3) is 4.89. The van der Waals surface area contributed by atoms with Crippen LogP contribution >= 0.6 is 11.3 Å². The Bertz CT molecular complexity index is 1430. The lowest BCUT2D eigenvalue weighted by molar-refractivity contribution is 0.0414. The van der Waals surface area contributed by atoms with E-state index in [9.17, 15) is 18.4 Å². The molecule has 1 fully saturated rings. The van der Waals surface area contributed by atoms with Gasteiger partial charge in [0.2, 0.25) is 5.13 Å². The number of carbonyl (C=O) groups excluding carboxylic acids is 2. The highest BCUT2D eigenvalue weighted by Crippen LogP contribution is 2.27. The van der Waals surface area contributed by atoms with Crippen LogP contribution in [0.1, 0.15) is 40.3 Å². The fraction of sp³-hybridized carbons (Fsp3) is 0.259. The summed E-state index contributed by atoms with van der Waals surface area (Å²) in [5, 5.41) is 6.97. The molecule has 2 aromatic heterocycles. The molecule has 37 heavy (non-hydrogen) atoms. The molecule has 0 aliphatic carbocycles. The smallest absolute Gasteiger partial charge is 0.257 e. The quantitative estimate of drug-likeness (QED) is 0.378. The summed E-state index contributed by atoms with van der Waals surface area (Å²) < 4.78 is 28.2. The standard InChI is InChI=1S/C27H25F2N5O2S/c1-3-24-22(14-30-34(24)27-31-23(16-37-27)18-4-8-20(28)9-5-18)26(36)32-12-13-33(17(2)15-32)25(35)19-6-10-21(29)11-7-19/h4-11,14,16-17H,3,12-13,15H2,1-2H3. The summed E-state index contributed by atoms with van der Waals surface area (Å²) >= 11 is 1.40. The summed E-state index contributed by atoms with van der Waals surface area (Å²) in [6.45, 7) is 5.01. The van der Waals surface area contributed by atoms with Crippen molar-refractivity contribution in [2.45, 2.75) is 26.3 Å². The van der Waals surface area contributed by atoms with E-state index in [1.807, 2.05) is 19.2 Å². The minimum atomic E-state index is -0.392. The van der Waals surface area contributed by atoms with E-state index in [1.165, 1.54) is 47.7 Å². The van der Waals surface area contributed by atoms with Crippen molar-refractivity contribution in [1.29, 1.82) is 0 Å². The predicted molar refractivity (Wildman–Crippen MR) is 137 cm³/mol. The van der Waals surface area contributed by atoms with Crippen LogP contribution in [0.15, 0.2) is 60.1 Å². The number of hydrogen-bond acceptors (Lipinski definition) is 5. The average Bonchev–Trinajstić information content (AvgIpc) is 3.56. The second kappa shape index (κ2) is 10.2. The van der Waals surface area contributed by atoms with E-state index in [2.05, 4.69) is 10.1 Å². The van der Waals surface area contributed by atoms with E-state index in [-0.39, 0.29) is 23.7 Å². The number of thiazole rings is 1. The van der Waals surface area contributed by atoms with Crippen molar-refractivity contribution in [2.75, 3.05) is 19.6 Å². The Morgan fingerprint density at radius 2 is 1.68 bits per heavy atom. The zero-order valence-corrected chi connectivity index (χ0v) is 21.2. The Balaban J connectivity index is 1.32. The molecule has 0 radical (unpaired) electrons. The van der Waals surface area contributed by atoms with Crippen LogP contribution in [0, 0.1) is 11.6 Å². The van der Waals surface area contributed by atoms with E-state index in [1.54, 1.807) is 32.8 Å². The minimum absolute atomic E-state index is 0.140. The number of hydrogen-bond donors (Lipinski definition) is 0. The van der Waals surface area contributed by atoms with Gasteiger partial charge in [-0.15, -0.1) is 11.3 Å². The molecular weight excluding hydrogens is 496 g/mol. The summed E-state index contributed by atoms with van der Waals surface area (Å²) in [4.78, 5) is 34.5. The molecule has 10 heteroatoms. The Morgan fingerprint density at radius 3 is 2.32 bits per heavy atom. The lowest BCUT2D eigenvalue weighted by Gasteiger charge is -2.40. The highest BCUT2D eigenvalue weighted by atomic mass is 32.1. The molecular formula is C27H25F2N5O2S. The van der Waals surface area contributed by atoms with Crippen LogP contribution < -0.4 is 0 Å². The first-order valence-electron chi connectivity index (χ1n) is 12.0. The van der Waals surface area contributed by atoms with Crippen molar-refractivity contribution in [3.8, 4) is 16.4 Å². The van der Waals surface area contributed by atoms with E-state index < -0.39 is 5.82 Å². The Kier molecular flexibility index (Phi) is 6.84. The zero-order chi connectivity index (χ0) is 26.1. The fourth-order valence-corrected chi connectivity index (χ4v) is 5.36. The van der Waals surface area contributed by atoms with Gasteiger partial charge >= 0.3 is 0 Å². The van der Waals surface area contributed by atoms with Crippen molar-refractivity contribution < 1.29 is 18.4 Å². The first-order valence-corrected chi connectivity index (χ1v) is 12.9. The number of carbonyl (C=O) groups is 2. The van der Waals surface area contributed by atoms with Gasteiger partial charge in [-0.3, -0.25) is 9.59 Å². The summed E-state index contributed by atoms with van der Waals surface area (Å²) in [5.41, 5.74) is 3.19. The van der Waals surface area contributed by atoms with Gasteiger partial charge in [0.25, 0.3) is 11.8 Å². The molecule has 7 nitrogen and oxygen atoms in total. The van der Waals surface area contributed by atoms with Crippen molar-refractivity contribution in [3.63, 3.8) is 0 Å². The Labute approximate surface area is 217 Å². The van der Waals surface area contributed by atoms with Gasteiger partial charge < -0.3 is 9.80 Å². The second-order valence-electron chi connectivity index (χ2n) is 8.90. The van der Waals surface area contributed by atoms with Crippen LogP contribution in [0.25, 0.3) is 16.4 Å². The van der Waals surface area contributed by atoms with E-state index in [4.69, 9.17) is 0 Å². The van der Waals surface area contributed by atoms with Crippen LogP contribution in [0.3, 0.4) is 0 Å². The highest BCUT2D eigenvalue weighted by Gasteiger charge is 2.32. The Hall–Kier alpha value is -3.92. The lowest BCUT2D eigenvalue weighted by atomic mass is 10.1. The van der Waals surface area contributed by atoms with Gasteiger partial charge in [-0.25, -0.2) is 18.4 Å². The molecule has 2 amide bonds. The van der Waals surface area contributed by atoms with Gasteiger partial charge in [0.05, 0.1) is 23.1 Å². The van der Waals surface area contributed by atoms with E-state index >= 15 is 0 Å². The molecule has 0 spiro atoms. The predicted octanol–water partition coefficient (Wildman–Crippen LogP) is 4.82. The number of halogens is 2. The molecule has 0 N–H and O–H groups in total. The van der Waals surface area contributed by atoms with Gasteiger partial charge in [0.15, 0.2) is 0 Å². The second-order valence-corrected chi connectivity index (χ2v) is 9.73. The topological polar surface area (TPSA) is 71.3 Å². The zero-order valence-electron chi connectivity index (χ0n) is 20.4. The molecule has 0 bridgehead atoms. The molecule has 190 valence electrons. The number of nitrogens with zero attached hydrogens (tertiary/aromatic N) is 5. The molecule has 1 atom stereocenters. The van der Waals surface area contributed by atoms with Crippen LogP contribution in [0.5, 0.6) is 0 Å². The maximum absolute atomic E-state index is 13.5. The number of amides is 2. The number of aromatic nitrogens is 3. The molecule has 1 aliphatic heterocycles. The third-order valence-electron chi connectivity index (χ3n) is 6.51. The number of piperazine rings is 1. The Morgan fingerprint density at radius 1 is 1.00 bits per heavy atom. The van der Waals surface area contributed by atoms with Crippen molar-refractivity contribution in [3.05, 3.63) is 88.6 Å². The first kappa shape index (κ1) is 24.8. The molecule has 4 aromatic rings. The molecule has 1 saturated heterocycles. The van der Waals surface area contributed by atoms with Gasteiger partial charge in [-0.2, -0.15) is 5.10 Å². The normalized spacial score (nSPS) is 15.7. The van der Waals surface area contributed by atoms with Crippen molar-refractivity contribution in [2.24, 2.45) is 0 Å². The van der Waals surface area contributed by atoms with Gasteiger partial charge in [-0.05, 0) is 61.9 Å². The first-order chi connectivity index (χ1) is 17.9. The van der Waals surface area contributed by atoms with Crippen molar-refractivity contribution in [1.82, 2.24) is 24.6 Å². The maximum atomic E-state index is 13.5. The molecule has 1 unspecified atom stereocenters. The number of benzene rings is 2. The SMILES string of the molecule is CCc1c(C(=O)N2CCN(C(=O)c3ccc(F)cc3)C(C)C2)cnn1-c1nc(-c2ccc(F)cc2)cs1. The maximum Gasteiger partial charge on any atom is 0.257 e. The van der Waals surface area contributed by atoms with Crippen molar-refractivity contribution >= 4 is 23.2 Å². The number of rotatable bonds is 5. The summed E-state index contributed by atoms with van der Waals surface area (Å²) in [7, 11) is 0. The largest absolute Gasteiger partial charge is 0.335 e. The average molecular weight is 522 g/mol. The monoisotopic (exact) mass is 521 g/mol. The van der Waals surface area contributed by atoms with E-state index in [0.29, 0.717) is 48.0 Å². The van der Waals surface area contributed by atoms with Crippen LogP contribution in [-0.2, 0) is 6.42 Å². The lowest BCUT2D eigenvalue weighted by Crippen LogP contribution is -2.55. The summed E-state index contributed by atoms with van der Waals surface area (Å²) in [6, 6.07) is 11.4. The molecule has 2 aromatic carbocycles. The molecule has 5 rings (SSSR count). The van der Waals surface area contributed by atoms with Crippen LogP contribution in [0.2, 0.25) is 0 Å². The van der Waals surface area contributed by atoms with Gasteiger partial charge in [0, 0.05) is 42.2 Å². The van der Waals surface area contributed by atoms with Gasteiger partial charge in [-0.1, -0.05) is 6.92 Å². The van der Waals surface area contributed by atoms with Gasteiger partial charge in [0.1, 0.15) is 11.6 Å². The highest BCUT2D eigenvalue weighted by molar-refractivity contribution is 7.12. The molecule has 0 saturated carbocycles. The van der Waals surface area contributed by atoms with Crippen LogP contribution in [0.4, 0.5) is 8.78 Å². The third-order valence-corrected chi connectivity index (χ3v) is 7.33. The minimum Gasteiger partial charge on any atom is -0.335 e. The summed E-state index contributed by atoms with van der Waals surface area (Å²) in [6.07, 6.45) is 2.14. The van der Waals surface area contributed by atoms with Crippen LogP contribution in [-0.4, -0.2) is 62.1 Å². The molecule has 3 heterocycles. The van der Waals surface area contributed by atoms with E-state index in [0.717, 1.165) is 11.3 Å². The molecule has 1 aliphatic rings.